The van der Waals surface area contributed by atoms with E-state index in [0.717, 1.165) is 25.8 Å². The zero-order valence-corrected chi connectivity index (χ0v) is 18.0. The minimum atomic E-state index is -0.170. The zero-order chi connectivity index (χ0) is 20.3. The van der Waals surface area contributed by atoms with Crippen LogP contribution in [0.1, 0.15) is 68.8 Å². The monoisotopic (exact) mass is 378 g/mol. The van der Waals surface area contributed by atoms with Gasteiger partial charge in [0.15, 0.2) is 0 Å². The third-order valence-electron chi connectivity index (χ3n) is 5.98. The normalized spacial score (nSPS) is 17.9. The minimum Gasteiger partial charge on any atom is -0.348 e. The molecular formula is C25H34N2O. The van der Waals surface area contributed by atoms with Crippen LogP contribution in [0.25, 0.3) is 0 Å². The third kappa shape index (κ3) is 4.82. The van der Waals surface area contributed by atoms with Crippen molar-refractivity contribution >= 4 is 5.91 Å². The third-order valence-corrected chi connectivity index (χ3v) is 5.98. The molecule has 1 amide bonds. The number of rotatable bonds is 5. The van der Waals surface area contributed by atoms with Gasteiger partial charge in [-0.15, -0.1) is 0 Å². The van der Waals surface area contributed by atoms with E-state index in [1.54, 1.807) is 0 Å². The number of nitrogens with one attached hydrogen (secondary N) is 1. The van der Waals surface area contributed by atoms with E-state index in [9.17, 15) is 4.79 Å². The molecule has 0 heterocycles. The first-order valence-electron chi connectivity index (χ1n) is 10.4. The molecule has 2 aromatic carbocycles. The maximum absolute atomic E-state index is 12.9. The van der Waals surface area contributed by atoms with E-state index in [-0.39, 0.29) is 23.4 Å². The van der Waals surface area contributed by atoms with E-state index < -0.39 is 0 Å². The number of benzene rings is 2. The predicted molar refractivity (Wildman–Crippen MR) is 116 cm³/mol. The molecule has 0 aromatic heterocycles. The molecular weight excluding hydrogens is 344 g/mol. The van der Waals surface area contributed by atoms with E-state index in [1.807, 2.05) is 14.0 Å². The van der Waals surface area contributed by atoms with Crippen LogP contribution >= 0.6 is 0 Å². The van der Waals surface area contributed by atoms with E-state index in [4.69, 9.17) is 0 Å². The van der Waals surface area contributed by atoms with Gasteiger partial charge in [0, 0.05) is 6.54 Å². The summed E-state index contributed by atoms with van der Waals surface area (Å²) in [6.45, 7) is 9.44. The highest BCUT2D eigenvalue weighted by molar-refractivity contribution is 5.81. The Morgan fingerprint density at radius 2 is 1.82 bits per heavy atom. The van der Waals surface area contributed by atoms with Gasteiger partial charge >= 0.3 is 0 Å². The Bertz CT molecular complexity index is 804. The maximum atomic E-state index is 12.9. The molecule has 1 N–H and O–H groups in total. The van der Waals surface area contributed by atoms with Gasteiger partial charge in [0.1, 0.15) is 0 Å². The standard InChI is InChI=1S/C25H34N2O/c1-18(27(5)17-19-13-15-21(16-14-19)25(2,3)4)24(28)26-23-12-8-10-20-9-6-7-11-22(20)23/h6-7,9,11,13-16,18,23H,8,10,12,17H2,1-5H3,(H,26,28). The lowest BCUT2D eigenvalue weighted by Crippen LogP contribution is -2.44. The van der Waals surface area contributed by atoms with E-state index in [0.29, 0.717) is 0 Å². The van der Waals surface area contributed by atoms with Crippen molar-refractivity contribution in [1.29, 1.82) is 0 Å². The number of likely N-dealkylation sites (N-methyl/N-ethyl adjacent to an activating group) is 1. The summed E-state index contributed by atoms with van der Waals surface area (Å²) in [7, 11) is 2.02. The van der Waals surface area contributed by atoms with Crippen LogP contribution in [0.15, 0.2) is 48.5 Å². The molecule has 3 heteroatoms. The predicted octanol–water partition coefficient (Wildman–Crippen LogP) is 5.00. The first kappa shape index (κ1) is 20.6. The van der Waals surface area contributed by atoms with Gasteiger partial charge in [0.2, 0.25) is 5.91 Å². The molecule has 150 valence electrons. The summed E-state index contributed by atoms with van der Waals surface area (Å²) in [4.78, 5) is 15.0. The lowest BCUT2D eigenvalue weighted by Gasteiger charge is -2.30. The molecule has 3 nitrogen and oxygen atoms in total. The average molecular weight is 379 g/mol. The highest BCUT2D eigenvalue weighted by Gasteiger charge is 2.25. The first-order valence-corrected chi connectivity index (χ1v) is 10.4. The molecule has 3 rings (SSSR count). The van der Waals surface area contributed by atoms with Crippen molar-refractivity contribution in [2.24, 2.45) is 0 Å². The maximum Gasteiger partial charge on any atom is 0.237 e. The number of amides is 1. The van der Waals surface area contributed by atoms with Crippen molar-refractivity contribution in [3.05, 3.63) is 70.8 Å². The fraction of sp³-hybridized carbons (Fsp3) is 0.480. The van der Waals surface area contributed by atoms with Crippen molar-refractivity contribution < 1.29 is 4.79 Å². The molecule has 1 aliphatic rings. The van der Waals surface area contributed by atoms with Gasteiger partial charge in [-0.2, -0.15) is 0 Å². The zero-order valence-electron chi connectivity index (χ0n) is 18.0. The molecule has 0 bridgehead atoms. The van der Waals surface area contributed by atoms with Gasteiger partial charge in [-0.3, -0.25) is 9.69 Å². The molecule has 1 aliphatic carbocycles. The van der Waals surface area contributed by atoms with Crippen LogP contribution < -0.4 is 5.32 Å². The molecule has 28 heavy (non-hydrogen) atoms. The van der Waals surface area contributed by atoms with Gasteiger partial charge in [-0.1, -0.05) is 69.3 Å². The molecule has 2 atom stereocenters. The van der Waals surface area contributed by atoms with Crippen molar-refractivity contribution in [2.45, 2.75) is 71.0 Å². The SMILES string of the molecule is CC(C(=O)NC1CCCc2ccccc21)N(C)Cc1ccc(C(C)(C)C)cc1. The number of hydrogen-bond acceptors (Lipinski definition) is 2. The van der Waals surface area contributed by atoms with Crippen molar-refractivity contribution in [3.63, 3.8) is 0 Å². The van der Waals surface area contributed by atoms with Gasteiger partial charge in [0.05, 0.1) is 12.1 Å². The first-order chi connectivity index (χ1) is 13.3. The number of aryl methyl sites for hydroxylation is 1. The van der Waals surface area contributed by atoms with Crippen LogP contribution in [0.2, 0.25) is 0 Å². The van der Waals surface area contributed by atoms with Crippen LogP contribution in [0.5, 0.6) is 0 Å². The largest absolute Gasteiger partial charge is 0.348 e. The quantitative estimate of drug-likeness (QED) is 0.794. The Morgan fingerprint density at radius 3 is 2.50 bits per heavy atom. The van der Waals surface area contributed by atoms with Crippen molar-refractivity contribution in [3.8, 4) is 0 Å². The number of carbonyl (C=O) groups excluding carboxylic acids is 1. The Morgan fingerprint density at radius 1 is 1.14 bits per heavy atom. The van der Waals surface area contributed by atoms with Crippen LogP contribution in [-0.2, 0) is 23.2 Å². The van der Waals surface area contributed by atoms with Gasteiger partial charge < -0.3 is 5.32 Å². The summed E-state index contributed by atoms with van der Waals surface area (Å²) >= 11 is 0. The smallest absolute Gasteiger partial charge is 0.237 e. The minimum absolute atomic E-state index is 0.107. The summed E-state index contributed by atoms with van der Waals surface area (Å²) in [5, 5.41) is 3.29. The fourth-order valence-electron chi connectivity index (χ4n) is 3.93. The topological polar surface area (TPSA) is 32.3 Å². The second-order valence-electron chi connectivity index (χ2n) is 9.19. The van der Waals surface area contributed by atoms with Crippen LogP contribution in [0, 0.1) is 0 Å². The molecule has 0 aliphatic heterocycles. The van der Waals surface area contributed by atoms with Gasteiger partial charge in [0.25, 0.3) is 0 Å². The van der Waals surface area contributed by atoms with Crippen LogP contribution in [-0.4, -0.2) is 23.9 Å². The fourth-order valence-corrected chi connectivity index (χ4v) is 3.93. The Kier molecular flexibility index (Phi) is 6.24. The van der Waals surface area contributed by atoms with Crippen LogP contribution in [0.3, 0.4) is 0 Å². The summed E-state index contributed by atoms with van der Waals surface area (Å²) < 4.78 is 0. The highest BCUT2D eigenvalue weighted by atomic mass is 16.2. The van der Waals surface area contributed by atoms with Gasteiger partial charge in [-0.25, -0.2) is 0 Å². The Balaban J connectivity index is 1.60. The van der Waals surface area contributed by atoms with E-state index in [2.05, 4.69) is 79.5 Å². The molecule has 0 saturated carbocycles. The number of fused-ring (bicyclic) bond motifs is 1. The Hall–Kier alpha value is -2.13. The molecule has 0 saturated heterocycles. The van der Waals surface area contributed by atoms with Crippen LogP contribution in [0.4, 0.5) is 0 Å². The second kappa shape index (κ2) is 8.48. The van der Waals surface area contributed by atoms with E-state index >= 15 is 0 Å². The Labute approximate surface area is 170 Å². The number of nitrogens with zero attached hydrogens (tertiary/aromatic N) is 1. The summed E-state index contributed by atoms with van der Waals surface area (Å²) in [6, 6.07) is 17.2. The summed E-state index contributed by atoms with van der Waals surface area (Å²) in [5.74, 6) is 0.107. The molecule has 0 fully saturated rings. The molecule has 0 spiro atoms. The molecule has 2 aromatic rings. The summed E-state index contributed by atoms with van der Waals surface area (Å²) in [6.07, 6.45) is 3.27. The second-order valence-corrected chi connectivity index (χ2v) is 9.19. The number of carbonyl (C=O) groups is 1. The molecule has 0 radical (unpaired) electrons. The summed E-state index contributed by atoms with van der Waals surface area (Å²) in [5.41, 5.74) is 5.39. The van der Waals surface area contributed by atoms with Gasteiger partial charge in [-0.05, 0) is 60.9 Å². The van der Waals surface area contributed by atoms with Crippen molar-refractivity contribution in [1.82, 2.24) is 10.2 Å². The lowest BCUT2D eigenvalue weighted by molar-refractivity contribution is -0.126. The number of hydrogen-bond donors (Lipinski definition) is 1. The molecule has 2 unspecified atom stereocenters. The highest BCUT2D eigenvalue weighted by Crippen LogP contribution is 2.29. The van der Waals surface area contributed by atoms with Crippen molar-refractivity contribution in [2.75, 3.05) is 7.05 Å². The van der Waals surface area contributed by atoms with E-state index in [1.165, 1.54) is 22.3 Å². The average Bonchev–Trinajstić information content (AvgIpc) is 2.67. The lowest BCUT2D eigenvalue weighted by atomic mass is 9.86.